The van der Waals surface area contributed by atoms with Gasteiger partial charge in [-0.1, -0.05) is 34.4 Å². The van der Waals surface area contributed by atoms with Gasteiger partial charge in [-0.3, -0.25) is 34.1 Å². The second-order valence-corrected chi connectivity index (χ2v) is 27.2. The number of nitrogens with zero attached hydrogens (tertiary/aromatic N) is 5. The molecule has 104 heavy (non-hydrogen) atoms. The number of carbonyl (C=O) groups is 12. The molecule has 0 bridgehead atoms. The van der Waals surface area contributed by atoms with Crippen molar-refractivity contribution in [3.63, 3.8) is 0 Å². The van der Waals surface area contributed by atoms with Crippen molar-refractivity contribution in [2.75, 3.05) is 72.2 Å². The molecule has 0 aromatic rings. The van der Waals surface area contributed by atoms with Crippen molar-refractivity contribution < 1.29 is 297 Å². The number of amides is 5. The quantitative estimate of drug-likeness (QED) is 0.0138. The Morgan fingerprint density at radius 2 is 0.817 bits per heavy atom. The molecule has 580 valence electrons. The van der Waals surface area contributed by atoms with E-state index in [9.17, 15) is 73.2 Å². The second-order valence-electron chi connectivity index (χ2n) is 27.2. The number of carboxylic acids is 2. The van der Waals surface area contributed by atoms with Crippen LogP contribution in [0.15, 0.2) is 0 Å². The van der Waals surface area contributed by atoms with Crippen LogP contribution < -0.4 is 160 Å². The number of terminal acetylenes is 3. The first-order valence-electron chi connectivity index (χ1n) is 30.7. The van der Waals surface area contributed by atoms with Gasteiger partial charge in [0.15, 0.2) is 5.78 Å². The smallest absolute Gasteiger partial charge is 1.00 e. The molecule has 9 atom stereocenters. The number of halogens is 2. The van der Waals surface area contributed by atoms with Gasteiger partial charge in [-0.05, 0) is 122 Å². The van der Waals surface area contributed by atoms with Gasteiger partial charge in [0.2, 0.25) is 0 Å². The molecule has 6 aliphatic heterocycles. The number of carboxylic acid groups (broad SMARTS) is 2. The number of Topliss-reactive ketones (excluding diaryl/α,β-unsaturated/α-hetero) is 1. The summed E-state index contributed by atoms with van der Waals surface area (Å²) in [5.41, 5.74) is -6.55. The number of likely N-dealkylation sites (tertiary alicyclic amines) is 5. The molecule has 5 amide bonds. The SMILES string of the molecule is C#C[C@@]1(O)C[C@H](C(=O)O)N(C(=O)OC(C)(C)C)C1.C#C[C@@]1(O)C[C@H](C(=O)OC)N(C(=O)OC(C)(C)C)C1.C1CCOC1.CC(C)(C)OC(=O)N1C[C@H](O)C[C@@H]1C(=O)O.CI.COC(=O)[C@H]1CC(=O)CN1C(=O)OC(C)(C)C.COC(=O)[C@H]1C[C@@H](O)CN1C(=O)OC(C)(C)C.O=CO[O-].[Br-].[C-]#C.[Cs+].[Cs+].[H-].[Mg+2]. The Morgan fingerprint density at radius 3 is 1.10 bits per heavy atom. The van der Waals surface area contributed by atoms with E-state index >= 15 is 0 Å². The Morgan fingerprint density at radius 1 is 0.548 bits per heavy atom. The van der Waals surface area contributed by atoms with Crippen LogP contribution in [-0.4, -0.2) is 305 Å². The minimum atomic E-state index is -1.61. The monoisotopic (exact) mass is 1910 g/mol. The molecule has 6 heterocycles. The number of rotatable bonds is 6. The molecule has 6 aliphatic rings. The molecule has 0 aromatic carbocycles. The first-order chi connectivity index (χ1) is 45.8. The van der Waals surface area contributed by atoms with Crippen LogP contribution in [0.1, 0.15) is 150 Å². The number of aliphatic hydroxyl groups is 4. The zero-order valence-electron chi connectivity index (χ0n) is 64.5. The van der Waals surface area contributed by atoms with Gasteiger partial charge in [0.25, 0.3) is 6.47 Å². The van der Waals surface area contributed by atoms with E-state index in [2.05, 4.69) is 60.0 Å². The third-order valence-electron chi connectivity index (χ3n) is 12.9. The van der Waals surface area contributed by atoms with Crippen LogP contribution in [0.2, 0.25) is 0 Å². The number of hydrogen-bond donors (Lipinski definition) is 6. The molecule has 0 saturated carbocycles. The molecule has 6 saturated heterocycles. The number of ketones is 1. The van der Waals surface area contributed by atoms with E-state index < -0.39 is 142 Å². The van der Waals surface area contributed by atoms with Crippen LogP contribution in [0.4, 0.5) is 24.0 Å². The average molecular weight is 1920 g/mol. The van der Waals surface area contributed by atoms with Crippen molar-refractivity contribution in [2.45, 2.75) is 230 Å². The predicted molar refractivity (Wildman–Crippen MR) is 365 cm³/mol. The van der Waals surface area contributed by atoms with E-state index in [4.69, 9.17) is 68.0 Å². The Labute approximate surface area is 769 Å². The molecule has 39 heteroatoms. The predicted octanol–water partition coefficient (Wildman–Crippen LogP) is -6.08. The fourth-order valence-corrected chi connectivity index (χ4v) is 8.90. The van der Waals surface area contributed by atoms with Crippen LogP contribution in [0.3, 0.4) is 0 Å². The maximum atomic E-state index is 12.0. The summed E-state index contributed by atoms with van der Waals surface area (Å²) in [7, 11) is 3.68. The maximum Gasteiger partial charge on any atom is 2.00 e. The molecule has 0 spiro atoms. The minimum Gasteiger partial charge on any atom is -1.00 e. The number of esters is 3. The van der Waals surface area contributed by atoms with Gasteiger partial charge >= 0.3 is 221 Å². The Hall–Kier alpha value is -2.64. The fraction of sp³-hybridized carbons (Fsp3) is 0.723. The summed E-state index contributed by atoms with van der Waals surface area (Å²) in [6.45, 7) is 27.0. The van der Waals surface area contributed by atoms with Gasteiger partial charge in [-0.25, -0.2) is 47.9 Å². The fourth-order valence-electron chi connectivity index (χ4n) is 8.90. The van der Waals surface area contributed by atoms with E-state index in [1.54, 1.807) is 104 Å². The maximum absolute atomic E-state index is 12.0. The van der Waals surface area contributed by atoms with Gasteiger partial charge in [0, 0.05) is 45.3 Å². The van der Waals surface area contributed by atoms with Gasteiger partial charge in [-0.2, -0.15) is 0 Å². The van der Waals surface area contributed by atoms with Gasteiger partial charge in [0.05, 0.1) is 66.3 Å². The van der Waals surface area contributed by atoms with Crippen LogP contribution in [-0.2, 0) is 81.1 Å². The van der Waals surface area contributed by atoms with Gasteiger partial charge in [0.1, 0.15) is 69.4 Å². The molecule has 0 radical (unpaired) electrons. The number of alkyl halides is 1. The summed E-state index contributed by atoms with van der Waals surface area (Å²) in [6, 6.07) is -4.71. The molecule has 34 nitrogen and oxygen atoms in total. The van der Waals surface area contributed by atoms with Crippen molar-refractivity contribution in [1.82, 2.24) is 24.5 Å². The summed E-state index contributed by atoms with van der Waals surface area (Å²) < 4.78 is 44.3. The first kappa shape index (κ1) is 115. The number of aliphatic carboxylic acids is 2. The third-order valence-corrected chi connectivity index (χ3v) is 12.9. The normalized spacial score (nSPS) is 22.4. The minimum absolute atomic E-state index is 0. The van der Waals surface area contributed by atoms with Gasteiger partial charge < -0.3 is 115 Å². The topological polar surface area (TPSA) is 458 Å². The van der Waals surface area contributed by atoms with Crippen LogP contribution >= 0.6 is 22.6 Å². The Kier molecular flexibility index (Phi) is 59.6. The second kappa shape index (κ2) is 54.1. The number of aliphatic hydroxyl groups excluding tert-OH is 2. The van der Waals surface area contributed by atoms with Crippen molar-refractivity contribution in [3.8, 4) is 31.1 Å². The molecule has 0 aliphatic carbocycles. The van der Waals surface area contributed by atoms with Crippen LogP contribution in [0.5, 0.6) is 0 Å². The van der Waals surface area contributed by atoms with Crippen molar-refractivity contribution in [2.24, 2.45) is 0 Å². The number of hydrogen-bond acceptors (Lipinski definition) is 27. The number of carbonyl (C=O) groups excluding carboxylic acids is 10. The molecular formula is C65H103BrCs2IMgN5O29. The average Bonchev–Trinajstić information content (AvgIpc) is 1.65. The molecule has 0 unspecified atom stereocenters. The first-order valence-corrected chi connectivity index (χ1v) is 32.9. The molecule has 0 aromatic heterocycles. The van der Waals surface area contributed by atoms with Crippen molar-refractivity contribution in [3.05, 3.63) is 6.42 Å². The van der Waals surface area contributed by atoms with E-state index in [-0.39, 0.29) is 256 Å². The van der Waals surface area contributed by atoms with Gasteiger partial charge in [-0.15, -0.1) is 12.8 Å². The van der Waals surface area contributed by atoms with E-state index in [1.807, 2.05) is 4.93 Å². The zero-order valence-corrected chi connectivity index (χ0v) is 81.2. The molecular weight excluding hydrogens is 1810 g/mol. The summed E-state index contributed by atoms with van der Waals surface area (Å²) in [4.78, 5) is 146. The third kappa shape index (κ3) is 46.1. The summed E-state index contributed by atoms with van der Waals surface area (Å²) in [5, 5.41) is 65.1. The largest absolute Gasteiger partial charge is 2.00 e. The Bertz CT molecular complexity index is 2830. The summed E-state index contributed by atoms with van der Waals surface area (Å²) >= 11 is 2.15. The summed E-state index contributed by atoms with van der Waals surface area (Å²) in [5.74, 6) is 0.0394. The number of β-amino-alcohol motifs (C(OH)–C–C–N with tert-alkyl or cyclic N) is 4. The summed E-state index contributed by atoms with van der Waals surface area (Å²) in [6.07, 6.45) is 16.9. The zero-order chi connectivity index (χ0) is 78.9. The van der Waals surface area contributed by atoms with E-state index in [0.29, 0.717) is 0 Å². The standard InChI is InChI=1S/C13H19NO5.C12H17NO5.C11H19NO5.C11H17NO5.C10H17NO5.C4H8O.C2H.CH3I.CH2O3.BrH.2Cs.Mg.H/c1-6-13(17)7-9(10(15)18-5)14(8-13)11(16)19-12(2,3)4;1-5-12(17)6-8(9(14)15)13(7-12)10(16)18-11(2,3)4;2*1-11(2,3)17-10(15)12-6-7(13)5-8(12)9(14)16-4;1-10(2,3)16-9(15)11-5-6(12)4-7(11)8(13)14;1-2-4-5-3-1;2*1-2;2-1-4-3;;;;;/h1,9,17H,7-8H2,2-5H3;1,8,17H,6-7H2,2-4H3,(H,14,15);7-8,13H,5-6H2,1-4H3;8H,5-6H2,1-4H3;6-7,12H,4-5H2,1-3H3,(H,13,14);1-4H2;1H;1H3;1,3H;1H;;;;/q;;;;;;-1;;;;2*+1;+2;-1/p-2/t9-,13-;8-,12-;7-,8-;8-;6-,7-;;;;;;;;;/m11111........./s1. The Balaban J connectivity index is -0.000000177. The number of methoxy groups -OCH3 is 3. The van der Waals surface area contributed by atoms with Crippen molar-refractivity contribution in [1.29, 1.82) is 0 Å². The molecule has 6 N–H and O–H groups in total. The van der Waals surface area contributed by atoms with Crippen LogP contribution in [0, 0.1) is 37.5 Å². The van der Waals surface area contributed by atoms with E-state index in [1.165, 1.54) is 39.1 Å². The molecule has 6 rings (SSSR count). The van der Waals surface area contributed by atoms with Crippen LogP contribution in [0.25, 0.3) is 0 Å². The molecule has 6 fully saturated rings. The van der Waals surface area contributed by atoms with E-state index in [0.717, 1.165) is 32.8 Å². The van der Waals surface area contributed by atoms with Crippen molar-refractivity contribution >= 4 is 118 Å². The number of ether oxygens (including phenoxy) is 9.